The van der Waals surface area contributed by atoms with Crippen molar-refractivity contribution >= 4 is 50.7 Å². The molecule has 0 saturated carbocycles. The molecule has 0 saturated heterocycles. The number of carbonyl (C=O) groups is 2. The van der Waals surface area contributed by atoms with E-state index in [-0.39, 0.29) is 27.2 Å². The summed E-state index contributed by atoms with van der Waals surface area (Å²) in [7, 11) is -4.28. The maximum atomic E-state index is 13.9. The van der Waals surface area contributed by atoms with Crippen LogP contribution in [0, 0.1) is 5.82 Å². The zero-order valence-electron chi connectivity index (χ0n) is 22.0. The summed E-state index contributed by atoms with van der Waals surface area (Å²) in [6, 6.07) is 16.6. The van der Waals surface area contributed by atoms with E-state index in [1.165, 1.54) is 59.5 Å². The second kappa shape index (κ2) is 12.4. The van der Waals surface area contributed by atoms with Gasteiger partial charge >= 0.3 is 0 Å². The molecule has 0 heterocycles. The first kappa shape index (κ1) is 30.4. The molecule has 39 heavy (non-hydrogen) atoms. The Labute approximate surface area is 238 Å². The van der Waals surface area contributed by atoms with Crippen LogP contribution in [0.5, 0.6) is 0 Å². The summed E-state index contributed by atoms with van der Waals surface area (Å²) in [4.78, 5) is 28.2. The van der Waals surface area contributed by atoms with Crippen molar-refractivity contribution in [2.45, 2.75) is 50.7 Å². The fourth-order valence-corrected chi connectivity index (χ4v) is 5.66. The normalized spacial score (nSPS) is 12.5. The summed E-state index contributed by atoms with van der Waals surface area (Å²) in [6.45, 7) is 6.22. The Balaban J connectivity index is 2.06. The maximum Gasteiger partial charge on any atom is 0.264 e. The van der Waals surface area contributed by atoms with E-state index in [1.807, 2.05) is 0 Å². The van der Waals surface area contributed by atoms with Gasteiger partial charge in [-0.2, -0.15) is 0 Å². The van der Waals surface area contributed by atoms with Crippen LogP contribution < -0.4 is 9.62 Å². The van der Waals surface area contributed by atoms with Gasteiger partial charge in [0.15, 0.2) is 0 Å². The van der Waals surface area contributed by atoms with E-state index in [2.05, 4.69) is 5.32 Å². The number of hydrogen-bond donors (Lipinski definition) is 1. The number of benzene rings is 3. The molecule has 11 heteroatoms. The second-order valence-electron chi connectivity index (χ2n) is 9.96. The minimum Gasteiger partial charge on any atom is -0.350 e. The first-order valence-corrected chi connectivity index (χ1v) is 14.3. The summed E-state index contributed by atoms with van der Waals surface area (Å²) in [5, 5.41) is 2.90. The minimum atomic E-state index is -4.28. The van der Waals surface area contributed by atoms with Crippen molar-refractivity contribution in [3.05, 3.63) is 94.2 Å². The predicted molar refractivity (Wildman–Crippen MR) is 152 cm³/mol. The highest BCUT2D eigenvalue weighted by Gasteiger charge is 2.34. The zero-order chi connectivity index (χ0) is 29.0. The van der Waals surface area contributed by atoms with Crippen molar-refractivity contribution in [2.24, 2.45) is 0 Å². The van der Waals surface area contributed by atoms with Gasteiger partial charge in [-0.05, 0) is 69.7 Å². The number of carbonyl (C=O) groups excluding carboxylic acids is 2. The van der Waals surface area contributed by atoms with Crippen LogP contribution in [-0.4, -0.2) is 43.3 Å². The van der Waals surface area contributed by atoms with E-state index >= 15 is 0 Å². The number of anilines is 1. The summed E-state index contributed by atoms with van der Waals surface area (Å²) in [5.74, 6) is -1.56. The predicted octanol–water partition coefficient (Wildman–Crippen LogP) is 5.66. The molecule has 0 aliphatic carbocycles. The maximum absolute atomic E-state index is 13.9. The minimum absolute atomic E-state index is 0.00916. The fraction of sp³-hybridized carbons (Fsp3) is 0.286. The number of nitrogens with one attached hydrogen (secondary N) is 1. The average molecular weight is 595 g/mol. The van der Waals surface area contributed by atoms with Gasteiger partial charge in [-0.25, -0.2) is 12.8 Å². The molecule has 0 radical (unpaired) electrons. The van der Waals surface area contributed by atoms with Crippen LogP contribution in [0.4, 0.5) is 10.1 Å². The molecule has 0 fully saturated rings. The van der Waals surface area contributed by atoms with E-state index in [0.29, 0.717) is 5.56 Å². The lowest BCUT2D eigenvalue weighted by atomic mass is 10.1. The van der Waals surface area contributed by atoms with E-state index in [9.17, 15) is 22.4 Å². The van der Waals surface area contributed by atoms with Gasteiger partial charge in [-0.1, -0.05) is 59.6 Å². The number of rotatable bonds is 9. The molecule has 2 amide bonds. The Morgan fingerprint density at radius 1 is 0.949 bits per heavy atom. The molecule has 3 aromatic carbocycles. The van der Waals surface area contributed by atoms with E-state index < -0.39 is 45.8 Å². The third-order valence-corrected chi connectivity index (χ3v) is 8.32. The molecule has 7 nitrogen and oxygen atoms in total. The highest BCUT2D eigenvalue weighted by molar-refractivity contribution is 7.92. The largest absolute Gasteiger partial charge is 0.350 e. The molecule has 3 aromatic rings. The van der Waals surface area contributed by atoms with Gasteiger partial charge in [-0.15, -0.1) is 0 Å². The summed E-state index contributed by atoms with van der Waals surface area (Å²) in [6.07, 6.45) is 0. The number of hydrogen-bond acceptors (Lipinski definition) is 4. The van der Waals surface area contributed by atoms with Crippen LogP contribution in [0.25, 0.3) is 0 Å². The average Bonchev–Trinajstić information content (AvgIpc) is 2.87. The van der Waals surface area contributed by atoms with E-state index in [4.69, 9.17) is 23.2 Å². The van der Waals surface area contributed by atoms with Crippen LogP contribution in [0.1, 0.15) is 33.3 Å². The molecule has 1 N–H and O–H groups in total. The summed E-state index contributed by atoms with van der Waals surface area (Å²) in [5.41, 5.74) is -0.0132. The number of amides is 2. The number of nitrogens with zero attached hydrogens (tertiary/aromatic N) is 2. The van der Waals surface area contributed by atoms with Gasteiger partial charge in [0, 0.05) is 12.1 Å². The smallest absolute Gasteiger partial charge is 0.264 e. The molecule has 0 aromatic heterocycles. The molecular formula is C28H30Cl2FN3O4S. The molecule has 0 spiro atoms. The fourth-order valence-electron chi connectivity index (χ4n) is 3.76. The van der Waals surface area contributed by atoms with Crippen molar-refractivity contribution in [1.82, 2.24) is 10.2 Å². The van der Waals surface area contributed by atoms with Crippen LogP contribution in [-0.2, 0) is 26.2 Å². The van der Waals surface area contributed by atoms with Crippen molar-refractivity contribution in [3.63, 3.8) is 0 Å². The molecule has 0 unspecified atom stereocenters. The Kier molecular flexibility index (Phi) is 9.64. The molecule has 3 rings (SSSR count). The first-order chi connectivity index (χ1) is 18.2. The van der Waals surface area contributed by atoms with Crippen molar-refractivity contribution in [3.8, 4) is 0 Å². The van der Waals surface area contributed by atoms with Crippen LogP contribution in [0.3, 0.4) is 0 Å². The van der Waals surface area contributed by atoms with Gasteiger partial charge in [0.25, 0.3) is 10.0 Å². The van der Waals surface area contributed by atoms with Crippen LogP contribution >= 0.6 is 23.2 Å². The quantitative estimate of drug-likeness (QED) is 0.347. The summed E-state index contributed by atoms with van der Waals surface area (Å²) < 4.78 is 42.0. The monoisotopic (exact) mass is 593 g/mol. The lowest BCUT2D eigenvalue weighted by Crippen LogP contribution is -2.54. The summed E-state index contributed by atoms with van der Waals surface area (Å²) >= 11 is 12.6. The molecule has 0 aliphatic rings. The molecule has 0 aliphatic heterocycles. The topological polar surface area (TPSA) is 86.8 Å². The molecule has 0 bridgehead atoms. The van der Waals surface area contributed by atoms with Crippen molar-refractivity contribution in [1.29, 1.82) is 0 Å². The number of sulfonamides is 1. The second-order valence-corrected chi connectivity index (χ2v) is 12.6. The van der Waals surface area contributed by atoms with Gasteiger partial charge in [0.05, 0.1) is 20.6 Å². The number of halogens is 3. The Hall–Kier alpha value is -3.14. The third-order valence-electron chi connectivity index (χ3n) is 5.74. The third kappa shape index (κ3) is 7.71. The van der Waals surface area contributed by atoms with Crippen molar-refractivity contribution < 1.29 is 22.4 Å². The highest BCUT2D eigenvalue weighted by Crippen LogP contribution is 2.35. The first-order valence-electron chi connectivity index (χ1n) is 12.1. The lowest BCUT2D eigenvalue weighted by Gasteiger charge is -2.33. The van der Waals surface area contributed by atoms with Gasteiger partial charge in [-0.3, -0.25) is 13.9 Å². The Bertz CT molecular complexity index is 1430. The molecular weight excluding hydrogens is 564 g/mol. The van der Waals surface area contributed by atoms with Crippen LogP contribution in [0.2, 0.25) is 10.0 Å². The standard InChI is InChI=1S/C28H30Cl2FN3O4S/c1-19(27(36)32-28(2,3)4)33(17-20-13-15-21(31)16-14-20)25(35)18-34(24-12-8-11-23(29)26(24)30)39(37,38)22-9-6-5-7-10-22/h5-16,19H,17-18H2,1-4H3,(H,32,36)/t19-/m0/s1. The Morgan fingerprint density at radius 3 is 2.15 bits per heavy atom. The lowest BCUT2D eigenvalue weighted by molar-refractivity contribution is -0.140. The van der Waals surface area contributed by atoms with Crippen molar-refractivity contribution in [2.75, 3.05) is 10.8 Å². The highest BCUT2D eigenvalue weighted by atomic mass is 35.5. The van der Waals surface area contributed by atoms with Gasteiger partial charge < -0.3 is 10.2 Å². The molecule has 1 atom stereocenters. The van der Waals surface area contributed by atoms with Gasteiger partial charge in [0.2, 0.25) is 11.8 Å². The van der Waals surface area contributed by atoms with E-state index in [0.717, 1.165) is 4.31 Å². The molecule has 208 valence electrons. The SMILES string of the molecule is C[C@@H](C(=O)NC(C)(C)C)N(Cc1ccc(F)cc1)C(=O)CN(c1cccc(Cl)c1Cl)S(=O)(=O)c1ccccc1. The zero-order valence-corrected chi connectivity index (χ0v) is 24.3. The van der Waals surface area contributed by atoms with E-state index in [1.54, 1.807) is 45.9 Å². The Morgan fingerprint density at radius 2 is 1.56 bits per heavy atom. The van der Waals surface area contributed by atoms with Gasteiger partial charge in [0.1, 0.15) is 18.4 Å². The van der Waals surface area contributed by atoms with Crippen LogP contribution in [0.15, 0.2) is 77.7 Å².